The van der Waals surface area contributed by atoms with Crippen LogP contribution in [0.1, 0.15) is 0 Å². The molecule has 10 heteroatoms. The zero-order valence-electron chi connectivity index (χ0n) is 18.7. The molecule has 1 aliphatic rings. The minimum absolute atomic E-state index is 0.186. The zero-order chi connectivity index (χ0) is 22.8. The maximum Gasteiger partial charge on any atom is 0.124 e. The highest BCUT2D eigenvalue weighted by atomic mass is 16.5. The molecule has 170 valence electrons. The summed E-state index contributed by atoms with van der Waals surface area (Å²) in [6.07, 6.45) is 5.50. The Hall–Kier alpha value is -3.73. The van der Waals surface area contributed by atoms with Gasteiger partial charge in [-0.3, -0.25) is 9.67 Å². The SMILES string of the molecule is COc1cc(OC)cc(N(CC2CNNN2)c2ccc3ncc(-c4cnn(C)c4)nc3c2)c1. The predicted octanol–water partition coefficient (Wildman–Crippen LogP) is 2.17. The van der Waals surface area contributed by atoms with Crippen LogP contribution < -0.4 is 30.8 Å². The van der Waals surface area contributed by atoms with Crippen LogP contribution in [0.4, 0.5) is 11.4 Å². The molecule has 1 atom stereocenters. The smallest absolute Gasteiger partial charge is 0.124 e. The maximum atomic E-state index is 5.51. The Morgan fingerprint density at radius 2 is 1.85 bits per heavy atom. The second-order valence-corrected chi connectivity index (χ2v) is 7.86. The molecular formula is C23H26N8O2. The van der Waals surface area contributed by atoms with Gasteiger partial charge in [-0.05, 0) is 18.2 Å². The van der Waals surface area contributed by atoms with Crippen molar-refractivity contribution in [1.29, 1.82) is 0 Å². The number of aryl methyl sites for hydroxylation is 1. The van der Waals surface area contributed by atoms with Gasteiger partial charge in [0.15, 0.2) is 0 Å². The standard InChI is InChI=1S/C23H26N8O2/c1-30-13-15(10-26-30)23-12-24-21-5-4-17(8-22(21)27-23)31(14-16-11-25-29-28-16)18-6-19(32-2)9-20(7-18)33-3/h4-10,12-13,16,25,28-29H,11,14H2,1-3H3. The van der Waals surface area contributed by atoms with Gasteiger partial charge in [-0.2, -0.15) is 10.6 Å². The fourth-order valence-electron chi connectivity index (χ4n) is 3.88. The van der Waals surface area contributed by atoms with Crippen LogP contribution in [-0.4, -0.2) is 53.1 Å². The highest BCUT2D eigenvalue weighted by molar-refractivity contribution is 5.82. The second kappa shape index (κ2) is 9.02. The Morgan fingerprint density at radius 1 is 1.03 bits per heavy atom. The van der Waals surface area contributed by atoms with Gasteiger partial charge in [-0.25, -0.2) is 15.8 Å². The largest absolute Gasteiger partial charge is 0.497 e. The van der Waals surface area contributed by atoms with E-state index in [1.807, 2.05) is 37.5 Å². The van der Waals surface area contributed by atoms with Crippen molar-refractivity contribution in [3.63, 3.8) is 0 Å². The van der Waals surface area contributed by atoms with Gasteiger partial charge in [0.05, 0.1) is 49.4 Å². The van der Waals surface area contributed by atoms with Crippen molar-refractivity contribution in [3.05, 3.63) is 55.0 Å². The minimum atomic E-state index is 0.186. The molecule has 0 amide bonds. The topological polar surface area (TPSA) is 101 Å². The molecule has 0 spiro atoms. The monoisotopic (exact) mass is 446 g/mol. The van der Waals surface area contributed by atoms with Crippen LogP contribution >= 0.6 is 0 Å². The summed E-state index contributed by atoms with van der Waals surface area (Å²) < 4.78 is 12.8. The average Bonchev–Trinajstić information content (AvgIpc) is 3.53. The molecule has 1 unspecified atom stereocenters. The van der Waals surface area contributed by atoms with Crippen LogP contribution in [0.25, 0.3) is 22.3 Å². The van der Waals surface area contributed by atoms with E-state index in [0.717, 1.165) is 51.7 Å². The number of aromatic nitrogens is 4. The van der Waals surface area contributed by atoms with E-state index < -0.39 is 0 Å². The van der Waals surface area contributed by atoms with E-state index in [-0.39, 0.29) is 6.04 Å². The highest BCUT2D eigenvalue weighted by Crippen LogP contribution is 2.34. The first kappa shape index (κ1) is 21.1. The molecular weight excluding hydrogens is 420 g/mol. The lowest BCUT2D eigenvalue weighted by Crippen LogP contribution is -2.40. The highest BCUT2D eigenvalue weighted by Gasteiger charge is 2.21. The van der Waals surface area contributed by atoms with Crippen molar-refractivity contribution < 1.29 is 9.47 Å². The number of fused-ring (bicyclic) bond motifs is 1. The van der Waals surface area contributed by atoms with Crippen molar-refractivity contribution in [2.45, 2.75) is 6.04 Å². The summed E-state index contributed by atoms with van der Waals surface area (Å²) in [6, 6.07) is 12.2. The van der Waals surface area contributed by atoms with Crippen LogP contribution in [0.15, 0.2) is 55.0 Å². The Bertz CT molecular complexity index is 1250. The molecule has 2 aromatic carbocycles. The number of hydrogen-bond donors (Lipinski definition) is 3. The number of anilines is 2. The summed E-state index contributed by atoms with van der Waals surface area (Å²) in [7, 11) is 5.19. The third kappa shape index (κ3) is 4.44. The molecule has 1 saturated heterocycles. The van der Waals surface area contributed by atoms with Crippen LogP contribution in [0.2, 0.25) is 0 Å². The molecule has 2 aromatic heterocycles. The molecule has 0 saturated carbocycles. The van der Waals surface area contributed by atoms with Gasteiger partial charge in [0.25, 0.3) is 0 Å². The fourth-order valence-corrected chi connectivity index (χ4v) is 3.88. The third-order valence-electron chi connectivity index (χ3n) is 5.60. The molecule has 33 heavy (non-hydrogen) atoms. The minimum Gasteiger partial charge on any atom is -0.497 e. The number of ether oxygens (including phenoxy) is 2. The molecule has 5 rings (SSSR count). The number of nitrogens with zero attached hydrogens (tertiary/aromatic N) is 5. The molecule has 1 aliphatic heterocycles. The number of hydrazine groups is 2. The van der Waals surface area contributed by atoms with Crippen molar-refractivity contribution in [1.82, 2.24) is 36.1 Å². The summed E-state index contributed by atoms with van der Waals surface area (Å²) in [5, 5.41) is 4.25. The summed E-state index contributed by atoms with van der Waals surface area (Å²) in [6.45, 7) is 1.49. The van der Waals surface area contributed by atoms with E-state index in [1.54, 1.807) is 31.3 Å². The van der Waals surface area contributed by atoms with Crippen LogP contribution in [0.3, 0.4) is 0 Å². The Labute approximate surface area is 191 Å². The summed E-state index contributed by atoms with van der Waals surface area (Å²) in [5.74, 6) is 1.45. The molecule has 0 radical (unpaired) electrons. The second-order valence-electron chi connectivity index (χ2n) is 7.86. The molecule has 3 heterocycles. The van der Waals surface area contributed by atoms with Crippen LogP contribution in [0, 0.1) is 0 Å². The summed E-state index contributed by atoms with van der Waals surface area (Å²) in [5.41, 5.74) is 14.6. The van der Waals surface area contributed by atoms with E-state index in [1.165, 1.54) is 0 Å². The van der Waals surface area contributed by atoms with Crippen molar-refractivity contribution in [3.8, 4) is 22.8 Å². The normalized spacial score (nSPS) is 15.7. The number of nitrogens with one attached hydrogen (secondary N) is 3. The first-order chi connectivity index (χ1) is 16.1. The van der Waals surface area contributed by atoms with Crippen molar-refractivity contribution in [2.24, 2.45) is 7.05 Å². The van der Waals surface area contributed by atoms with Gasteiger partial charge in [0.1, 0.15) is 11.5 Å². The lowest BCUT2D eigenvalue weighted by Gasteiger charge is -2.28. The Kier molecular flexibility index (Phi) is 5.78. The summed E-state index contributed by atoms with van der Waals surface area (Å²) >= 11 is 0. The van der Waals surface area contributed by atoms with Crippen LogP contribution in [-0.2, 0) is 7.05 Å². The van der Waals surface area contributed by atoms with Gasteiger partial charge < -0.3 is 14.4 Å². The first-order valence-electron chi connectivity index (χ1n) is 10.6. The summed E-state index contributed by atoms with van der Waals surface area (Å²) in [4.78, 5) is 11.7. The molecule has 3 N–H and O–H groups in total. The van der Waals surface area contributed by atoms with Gasteiger partial charge >= 0.3 is 0 Å². The first-order valence-corrected chi connectivity index (χ1v) is 10.6. The van der Waals surface area contributed by atoms with Crippen molar-refractivity contribution >= 4 is 22.4 Å². The lowest BCUT2D eigenvalue weighted by atomic mass is 10.1. The molecule has 10 nitrogen and oxygen atoms in total. The van der Waals surface area contributed by atoms with Crippen LogP contribution in [0.5, 0.6) is 11.5 Å². The predicted molar refractivity (Wildman–Crippen MR) is 126 cm³/mol. The van der Waals surface area contributed by atoms with E-state index in [0.29, 0.717) is 6.54 Å². The van der Waals surface area contributed by atoms with Gasteiger partial charge in [0, 0.05) is 61.5 Å². The Balaban J connectivity index is 1.58. The molecule has 4 aromatic rings. The third-order valence-corrected chi connectivity index (χ3v) is 5.60. The van der Waals surface area contributed by atoms with E-state index in [9.17, 15) is 0 Å². The molecule has 1 fully saturated rings. The molecule has 0 bridgehead atoms. The number of methoxy groups -OCH3 is 2. The lowest BCUT2D eigenvalue weighted by molar-refractivity contribution is 0.394. The quantitative estimate of drug-likeness (QED) is 0.394. The van der Waals surface area contributed by atoms with Gasteiger partial charge in [0.2, 0.25) is 0 Å². The number of rotatable bonds is 7. The molecule has 0 aliphatic carbocycles. The van der Waals surface area contributed by atoms with E-state index in [2.05, 4.69) is 43.5 Å². The fraction of sp³-hybridized carbons (Fsp3) is 0.261. The van der Waals surface area contributed by atoms with Gasteiger partial charge in [-0.15, -0.1) is 0 Å². The maximum absolute atomic E-state index is 5.51. The number of benzene rings is 2. The van der Waals surface area contributed by atoms with Gasteiger partial charge in [-0.1, -0.05) is 0 Å². The zero-order valence-corrected chi connectivity index (χ0v) is 18.7. The van der Waals surface area contributed by atoms with Crippen molar-refractivity contribution in [2.75, 3.05) is 32.2 Å². The Morgan fingerprint density at radius 3 is 2.52 bits per heavy atom. The number of hydrogen-bond acceptors (Lipinski definition) is 9. The average molecular weight is 447 g/mol. The van der Waals surface area contributed by atoms with E-state index in [4.69, 9.17) is 14.5 Å². The van der Waals surface area contributed by atoms with E-state index >= 15 is 0 Å².